The van der Waals surface area contributed by atoms with E-state index in [1.807, 2.05) is 111 Å². The molecule has 0 radical (unpaired) electrons. The first-order valence-electron chi connectivity index (χ1n) is 15.5. The number of esters is 1. The second-order valence-electron chi connectivity index (χ2n) is 13.2. The van der Waals surface area contributed by atoms with E-state index in [4.69, 9.17) is 14.2 Å². The molecule has 9 heteroatoms. The van der Waals surface area contributed by atoms with E-state index in [0.717, 1.165) is 16.8 Å². The highest BCUT2D eigenvalue weighted by Crippen LogP contribution is 2.40. The van der Waals surface area contributed by atoms with Crippen LogP contribution in [0.2, 0.25) is 0 Å². The van der Waals surface area contributed by atoms with Crippen molar-refractivity contribution in [3.63, 3.8) is 0 Å². The number of benzene rings is 3. The van der Waals surface area contributed by atoms with Gasteiger partial charge in [0.1, 0.15) is 23.5 Å². The van der Waals surface area contributed by atoms with Crippen molar-refractivity contribution in [2.24, 2.45) is 0 Å². The van der Waals surface area contributed by atoms with Crippen LogP contribution < -0.4 is 9.64 Å². The number of likely N-dealkylation sites (tertiary alicyclic amines) is 1. The summed E-state index contributed by atoms with van der Waals surface area (Å²) in [4.78, 5) is 45.5. The standard InChI is InChI=1S/C36H43N3O6/c1-34(2,3)45-32(41)35(4,5)44-30-18-16-27(17-19-30)24-38-26-39(29-14-10-7-11-15-29)36(31(38)40)20-22-37(23-21-36)33(42)43-25-28-12-8-6-9-13-28/h6-19H,20-26H2,1-5H3. The molecule has 3 aromatic carbocycles. The lowest BCUT2D eigenvalue weighted by Gasteiger charge is -2.42. The Balaban J connectivity index is 1.25. The van der Waals surface area contributed by atoms with Crippen LogP contribution in [0.5, 0.6) is 5.75 Å². The van der Waals surface area contributed by atoms with E-state index < -0.39 is 22.7 Å². The van der Waals surface area contributed by atoms with Crippen LogP contribution in [0.25, 0.3) is 0 Å². The lowest BCUT2D eigenvalue weighted by molar-refractivity contribution is -0.170. The van der Waals surface area contributed by atoms with E-state index in [2.05, 4.69) is 4.90 Å². The van der Waals surface area contributed by atoms with E-state index in [-0.39, 0.29) is 18.6 Å². The third-order valence-electron chi connectivity index (χ3n) is 8.20. The Morgan fingerprint density at radius 1 is 0.800 bits per heavy atom. The van der Waals surface area contributed by atoms with Crippen LogP contribution in [-0.2, 0) is 32.2 Å². The average Bonchev–Trinajstić information content (AvgIpc) is 3.27. The maximum absolute atomic E-state index is 14.2. The zero-order valence-corrected chi connectivity index (χ0v) is 26.8. The quantitative estimate of drug-likeness (QED) is 0.281. The molecule has 0 atom stereocenters. The lowest BCUT2D eigenvalue weighted by Crippen LogP contribution is -2.57. The van der Waals surface area contributed by atoms with Crippen molar-refractivity contribution in [3.8, 4) is 5.75 Å². The molecular formula is C36H43N3O6. The highest BCUT2D eigenvalue weighted by atomic mass is 16.6. The molecule has 45 heavy (non-hydrogen) atoms. The first kappa shape index (κ1) is 31.9. The van der Waals surface area contributed by atoms with Gasteiger partial charge in [-0.3, -0.25) is 4.79 Å². The fourth-order valence-corrected chi connectivity index (χ4v) is 5.81. The van der Waals surface area contributed by atoms with E-state index in [0.29, 0.717) is 44.9 Å². The van der Waals surface area contributed by atoms with Gasteiger partial charge in [0.2, 0.25) is 5.91 Å². The van der Waals surface area contributed by atoms with Crippen LogP contribution in [0.3, 0.4) is 0 Å². The van der Waals surface area contributed by atoms with Gasteiger partial charge < -0.3 is 28.9 Å². The summed E-state index contributed by atoms with van der Waals surface area (Å²) in [5, 5.41) is 0. The Bertz CT molecular complexity index is 1480. The summed E-state index contributed by atoms with van der Waals surface area (Å²) in [5.74, 6) is 0.148. The highest BCUT2D eigenvalue weighted by molar-refractivity contribution is 5.93. The van der Waals surface area contributed by atoms with Crippen LogP contribution in [0, 0.1) is 0 Å². The molecule has 9 nitrogen and oxygen atoms in total. The maximum atomic E-state index is 14.2. The van der Waals surface area contributed by atoms with Gasteiger partial charge in [-0.05, 0) is 82.9 Å². The first-order chi connectivity index (χ1) is 21.4. The molecule has 2 saturated heterocycles. The third-order valence-corrected chi connectivity index (χ3v) is 8.20. The second-order valence-corrected chi connectivity index (χ2v) is 13.2. The number of amides is 2. The average molecular weight is 614 g/mol. The minimum Gasteiger partial charge on any atom is -0.476 e. The molecule has 1 spiro atoms. The van der Waals surface area contributed by atoms with Crippen LogP contribution in [0.4, 0.5) is 10.5 Å². The molecule has 0 unspecified atom stereocenters. The van der Waals surface area contributed by atoms with Gasteiger partial charge in [0.25, 0.3) is 0 Å². The van der Waals surface area contributed by atoms with Crippen molar-refractivity contribution >= 4 is 23.7 Å². The van der Waals surface area contributed by atoms with Crippen molar-refractivity contribution in [1.29, 1.82) is 0 Å². The largest absolute Gasteiger partial charge is 0.476 e. The number of rotatable bonds is 8. The molecule has 5 rings (SSSR count). The van der Waals surface area contributed by atoms with Crippen molar-refractivity contribution in [2.45, 2.75) is 77.4 Å². The van der Waals surface area contributed by atoms with Crippen molar-refractivity contribution < 1.29 is 28.6 Å². The Kier molecular flexibility index (Phi) is 9.09. The molecular weight excluding hydrogens is 570 g/mol. The summed E-state index contributed by atoms with van der Waals surface area (Å²) in [6.07, 6.45) is 0.647. The molecule has 2 fully saturated rings. The third kappa shape index (κ3) is 7.41. The number of hydrogen-bond donors (Lipinski definition) is 0. The van der Waals surface area contributed by atoms with Gasteiger partial charge in [-0.2, -0.15) is 0 Å². The SMILES string of the molecule is CC(C)(C)OC(=O)C(C)(C)Oc1ccc(CN2CN(c3ccccc3)C3(CCN(C(=O)OCc4ccccc4)CC3)C2=O)cc1. The number of nitrogens with zero attached hydrogens (tertiary/aromatic N) is 3. The molecule has 2 aliphatic heterocycles. The van der Waals surface area contributed by atoms with Crippen LogP contribution in [-0.4, -0.2) is 64.3 Å². The smallest absolute Gasteiger partial charge is 0.410 e. The second kappa shape index (κ2) is 12.8. The minimum atomic E-state index is -1.16. The Hall–Kier alpha value is -4.53. The minimum absolute atomic E-state index is 0.0510. The van der Waals surface area contributed by atoms with Gasteiger partial charge >= 0.3 is 12.1 Å². The summed E-state index contributed by atoms with van der Waals surface area (Å²) in [6, 6.07) is 27.0. The maximum Gasteiger partial charge on any atom is 0.410 e. The molecule has 0 aromatic heterocycles. The molecule has 3 aromatic rings. The molecule has 0 saturated carbocycles. The van der Waals surface area contributed by atoms with Gasteiger partial charge in [0, 0.05) is 25.3 Å². The molecule has 0 aliphatic carbocycles. The zero-order chi connectivity index (χ0) is 32.2. The Labute approximate surface area is 265 Å². The van der Waals surface area contributed by atoms with Gasteiger partial charge in [-0.15, -0.1) is 0 Å². The number of para-hydroxylation sites is 1. The van der Waals surface area contributed by atoms with Gasteiger partial charge in [0.15, 0.2) is 5.60 Å². The Morgan fingerprint density at radius 3 is 2.00 bits per heavy atom. The number of piperidine rings is 1. The van der Waals surface area contributed by atoms with Gasteiger partial charge in [0.05, 0.1) is 6.67 Å². The summed E-state index contributed by atoms with van der Waals surface area (Å²) < 4.78 is 17.1. The number of ether oxygens (including phenoxy) is 3. The summed E-state index contributed by atoms with van der Waals surface area (Å²) >= 11 is 0. The van der Waals surface area contributed by atoms with Gasteiger partial charge in [-0.1, -0.05) is 60.7 Å². The van der Waals surface area contributed by atoms with Gasteiger partial charge in [-0.25, -0.2) is 9.59 Å². The predicted molar refractivity (Wildman–Crippen MR) is 171 cm³/mol. The molecule has 2 aliphatic rings. The first-order valence-corrected chi connectivity index (χ1v) is 15.5. The number of carbonyl (C=O) groups is 3. The van der Waals surface area contributed by atoms with Crippen LogP contribution >= 0.6 is 0 Å². The van der Waals surface area contributed by atoms with Crippen molar-refractivity contribution in [3.05, 3.63) is 96.1 Å². The van der Waals surface area contributed by atoms with Crippen molar-refractivity contribution in [2.75, 3.05) is 24.7 Å². The van der Waals surface area contributed by atoms with Crippen molar-refractivity contribution in [1.82, 2.24) is 9.80 Å². The fourth-order valence-electron chi connectivity index (χ4n) is 5.81. The summed E-state index contributed by atoms with van der Waals surface area (Å²) in [7, 11) is 0. The summed E-state index contributed by atoms with van der Waals surface area (Å²) in [6.45, 7) is 10.8. The van der Waals surface area contributed by atoms with E-state index >= 15 is 0 Å². The molecule has 0 bridgehead atoms. The van der Waals surface area contributed by atoms with Crippen LogP contribution in [0.1, 0.15) is 58.6 Å². The topological polar surface area (TPSA) is 88.6 Å². The molecule has 238 valence electrons. The normalized spacial score (nSPS) is 16.6. The molecule has 2 heterocycles. The van der Waals surface area contributed by atoms with Crippen LogP contribution in [0.15, 0.2) is 84.9 Å². The van der Waals surface area contributed by atoms with E-state index in [1.54, 1.807) is 18.7 Å². The zero-order valence-electron chi connectivity index (χ0n) is 26.8. The summed E-state index contributed by atoms with van der Waals surface area (Å²) in [5.41, 5.74) is 0.321. The Morgan fingerprint density at radius 2 is 1.40 bits per heavy atom. The highest BCUT2D eigenvalue weighted by Gasteiger charge is 2.54. The van der Waals surface area contributed by atoms with E-state index in [1.165, 1.54) is 0 Å². The monoisotopic (exact) mass is 613 g/mol. The van der Waals surface area contributed by atoms with E-state index in [9.17, 15) is 14.4 Å². The lowest BCUT2D eigenvalue weighted by atomic mass is 9.85. The predicted octanol–water partition coefficient (Wildman–Crippen LogP) is 6.16. The molecule has 0 N–H and O–H groups in total. The number of carbonyl (C=O) groups excluding carboxylic acids is 3. The number of anilines is 1. The number of hydrogen-bond acceptors (Lipinski definition) is 7. The molecule has 2 amide bonds. The fraction of sp³-hybridized carbons (Fsp3) is 0.417.